The summed E-state index contributed by atoms with van der Waals surface area (Å²) in [5.74, 6) is 5.63. The van der Waals surface area contributed by atoms with E-state index < -0.39 is 0 Å². The lowest BCUT2D eigenvalue weighted by atomic mass is 9.52. The zero-order valence-corrected chi connectivity index (χ0v) is 18.3. The lowest BCUT2D eigenvalue weighted by molar-refractivity contribution is -0.0134. The van der Waals surface area contributed by atoms with Crippen molar-refractivity contribution in [1.29, 1.82) is 0 Å². The molecule has 0 aromatic rings. The largest absolute Gasteiger partial charge is 0.0879 e. The van der Waals surface area contributed by atoms with Gasteiger partial charge in [-0.1, -0.05) is 71.3 Å². The molecule has 0 spiro atoms. The molecule has 3 fully saturated rings. The van der Waals surface area contributed by atoms with Gasteiger partial charge in [0, 0.05) is 5.92 Å². The summed E-state index contributed by atoms with van der Waals surface area (Å²) < 4.78 is 0. The number of rotatable bonds is 2. The third-order valence-electron chi connectivity index (χ3n) is 8.61. The van der Waals surface area contributed by atoms with Crippen LogP contribution in [0.3, 0.4) is 0 Å². The minimum absolute atomic E-state index is 0.678. The third kappa shape index (κ3) is 3.59. The first-order valence-corrected chi connectivity index (χ1v) is 12.0. The number of allylic oxidation sites excluding steroid dienone is 4. The van der Waals surface area contributed by atoms with Crippen LogP contribution in [0, 0.1) is 40.9 Å². The molecule has 0 aromatic carbocycles. The van der Waals surface area contributed by atoms with Crippen LogP contribution in [0.1, 0.15) is 98.8 Å². The van der Waals surface area contributed by atoms with E-state index in [2.05, 4.69) is 39.0 Å². The van der Waals surface area contributed by atoms with Gasteiger partial charge in [0.2, 0.25) is 0 Å². The number of hydrogen-bond donors (Lipinski definition) is 0. The van der Waals surface area contributed by atoms with Crippen molar-refractivity contribution >= 4 is 0 Å². The first-order chi connectivity index (χ1) is 12.6. The highest BCUT2D eigenvalue weighted by molar-refractivity contribution is 5.23. The minimum Gasteiger partial charge on any atom is -0.0879 e. The molecular formula is C26H44. The number of hydrogen-bond acceptors (Lipinski definition) is 0. The molecule has 4 rings (SSSR count). The van der Waals surface area contributed by atoms with Gasteiger partial charge in [0.05, 0.1) is 0 Å². The van der Waals surface area contributed by atoms with Gasteiger partial charge in [-0.25, -0.2) is 0 Å². The Bertz CT molecular complexity index is 512. The Hall–Kier alpha value is -0.520. The van der Waals surface area contributed by atoms with Crippen LogP contribution in [0.4, 0.5) is 0 Å². The van der Waals surface area contributed by atoms with Crippen molar-refractivity contribution in [2.24, 2.45) is 40.9 Å². The smallest absolute Gasteiger partial charge is 0.000786 e. The summed E-state index contributed by atoms with van der Waals surface area (Å²) in [4.78, 5) is 0. The lowest BCUT2D eigenvalue weighted by Gasteiger charge is -2.53. The van der Waals surface area contributed by atoms with Gasteiger partial charge >= 0.3 is 0 Å². The van der Waals surface area contributed by atoms with Crippen LogP contribution >= 0.6 is 0 Å². The Balaban J connectivity index is 0.000000948. The van der Waals surface area contributed by atoms with Gasteiger partial charge in [-0.2, -0.15) is 0 Å². The van der Waals surface area contributed by atoms with Crippen LogP contribution in [-0.2, 0) is 0 Å². The predicted octanol–water partition coefficient (Wildman–Crippen LogP) is 8.19. The highest BCUT2D eigenvalue weighted by Crippen LogP contribution is 2.63. The molecule has 0 radical (unpaired) electrons. The molecule has 0 heterocycles. The van der Waals surface area contributed by atoms with Crippen molar-refractivity contribution < 1.29 is 0 Å². The van der Waals surface area contributed by atoms with E-state index in [1.807, 2.05) is 19.4 Å². The zero-order chi connectivity index (χ0) is 18.7. The maximum atomic E-state index is 2.68. The summed E-state index contributed by atoms with van der Waals surface area (Å²) in [5, 5.41) is 0. The summed E-state index contributed by atoms with van der Waals surface area (Å²) in [7, 11) is 0. The summed E-state index contributed by atoms with van der Waals surface area (Å²) in [6.07, 6.45) is 22.3. The highest BCUT2D eigenvalue weighted by atomic mass is 14.6. The van der Waals surface area contributed by atoms with E-state index in [-0.39, 0.29) is 0 Å². The molecule has 148 valence electrons. The first-order valence-electron chi connectivity index (χ1n) is 12.0. The topological polar surface area (TPSA) is 0 Å². The quantitative estimate of drug-likeness (QED) is 0.437. The molecule has 0 amide bonds. The average molecular weight is 357 g/mol. The van der Waals surface area contributed by atoms with E-state index in [1.165, 1.54) is 64.2 Å². The third-order valence-corrected chi connectivity index (χ3v) is 8.61. The molecule has 0 aromatic heterocycles. The van der Waals surface area contributed by atoms with Crippen molar-refractivity contribution in [3.8, 4) is 0 Å². The van der Waals surface area contributed by atoms with Crippen molar-refractivity contribution in [2.75, 3.05) is 0 Å². The van der Waals surface area contributed by atoms with Crippen LogP contribution < -0.4 is 0 Å². The second-order valence-electron chi connectivity index (χ2n) is 9.83. The standard InChI is InChI=1S/C24H38.C2H6/c1-4-7-19-11-13-23-22-12-10-18-16-17(2)8-5-6-9-20(18)21(22)14-15-24(19,23)3;1-2/h6,9,16-17,19-23H,4-5,7-8,10-15H2,1-3H3;1-2H3/b9-6?,18-16-;/t17?,19?,20?,21?,22?,23?,24-;/m1./s1. The lowest BCUT2D eigenvalue weighted by Crippen LogP contribution is -2.45. The first kappa shape index (κ1) is 20.2. The van der Waals surface area contributed by atoms with E-state index in [0.29, 0.717) is 5.41 Å². The van der Waals surface area contributed by atoms with Crippen LogP contribution in [-0.4, -0.2) is 0 Å². The molecule has 6 unspecified atom stereocenters. The molecule has 0 N–H and O–H groups in total. The van der Waals surface area contributed by atoms with Crippen LogP contribution in [0.2, 0.25) is 0 Å². The molecule has 0 saturated heterocycles. The summed E-state index contributed by atoms with van der Waals surface area (Å²) in [6.45, 7) is 11.5. The Labute approximate surface area is 163 Å². The van der Waals surface area contributed by atoms with Gasteiger partial charge in [-0.05, 0) is 86.4 Å². The van der Waals surface area contributed by atoms with Gasteiger partial charge in [-0.15, -0.1) is 0 Å². The fourth-order valence-corrected chi connectivity index (χ4v) is 7.40. The molecule has 3 saturated carbocycles. The fourth-order valence-electron chi connectivity index (χ4n) is 7.40. The monoisotopic (exact) mass is 356 g/mol. The predicted molar refractivity (Wildman–Crippen MR) is 115 cm³/mol. The summed E-state index contributed by atoms with van der Waals surface area (Å²) >= 11 is 0. The van der Waals surface area contributed by atoms with Crippen molar-refractivity contribution in [3.63, 3.8) is 0 Å². The summed E-state index contributed by atoms with van der Waals surface area (Å²) in [5.41, 5.74) is 2.49. The second kappa shape index (κ2) is 8.66. The Morgan fingerprint density at radius 3 is 2.62 bits per heavy atom. The molecular weight excluding hydrogens is 312 g/mol. The van der Waals surface area contributed by atoms with Gasteiger partial charge in [0.1, 0.15) is 0 Å². The molecule has 0 heteroatoms. The van der Waals surface area contributed by atoms with Gasteiger partial charge in [0.15, 0.2) is 0 Å². The number of fused-ring (bicyclic) bond motifs is 5. The van der Waals surface area contributed by atoms with Gasteiger partial charge < -0.3 is 0 Å². The molecule has 7 atom stereocenters. The van der Waals surface area contributed by atoms with Crippen LogP contribution in [0.5, 0.6) is 0 Å². The van der Waals surface area contributed by atoms with E-state index >= 15 is 0 Å². The Morgan fingerprint density at radius 2 is 1.85 bits per heavy atom. The van der Waals surface area contributed by atoms with Crippen molar-refractivity contribution in [2.45, 2.75) is 98.8 Å². The second-order valence-corrected chi connectivity index (χ2v) is 9.83. The van der Waals surface area contributed by atoms with Crippen LogP contribution in [0.25, 0.3) is 0 Å². The normalized spacial score (nSPS) is 46.4. The fraction of sp³-hybridized carbons (Fsp3) is 0.846. The van der Waals surface area contributed by atoms with E-state index in [9.17, 15) is 0 Å². The van der Waals surface area contributed by atoms with Crippen molar-refractivity contribution in [1.82, 2.24) is 0 Å². The highest BCUT2D eigenvalue weighted by Gasteiger charge is 2.55. The maximum Gasteiger partial charge on any atom is 0.000786 e. The van der Waals surface area contributed by atoms with Gasteiger partial charge in [0.25, 0.3) is 0 Å². The SMILES string of the molecule is CC.CCCC1CCC2C3CC/C4=C/C(C)CCC=CC4C3CC[C@]12C. The molecule has 0 bridgehead atoms. The molecule has 26 heavy (non-hydrogen) atoms. The molecule has 4 aliphatic rings. The maximum absolute atomic E-state index is 2.68. The zero-order valence-electron chi connectivity index (χ0n) is 18.3. The minimum atomic E-state index is 0.678. The Morgan fingerprint density at radius 1 is 1.04 bits per heavy atom. The molecule has 4 aliphatic carbocycles. The molecule has 0 aliphatic heterocycles. The van der Waals surface area contributed by atoms with Crippen molar-refractivity contribution in [3.05, 3.63) is 23.8 Å². The molecule has 0 nitrogen and oxygen atoms in total. The van der Waals surface area contributed by atoms with Gasteiger partial charge in [-0.3, -0.25) is 0 Å². The van der Waals surface area contributed by atoms with Crippen LogP contribution in [0.15, 0.2) is 23.8 Å². The van der Waals surface area contributed by atoms with E-state index in [1.54, 1.807) is 0 Å². The Kier molecular flexibility index (Phi) is 6.73. The van der Waals surface area contributed by atoms with E-state index in [0.717, 1.165) is 35.5 Å². The summed E-state index contributed by atoms with van der Waals surface area (Å²) in [6, 6.07) is 0. The average Bonchev–Trinajstić information content (AvgIpc) is 2.96. The van der Waals surface area contributed by atoms with E-state index in [4.69, 9.17) is 0 Å².